The van der Waals surface area contributed by atoms with Crippen molar-refractivity contribution in [2.24, 2.45) is 5.92 Å². The molecule has 1 unspecified atom stereocenters. The molecule has 13 heteroatoms. The van der Waals surface area contributed by atoms with Crippen LogP contribution in [0.15, 0.2) is 42.6 Å². The molecule has 1 aliphatic carbocycles. The summed E-state index contributed by atoms with van der Waals surface area (Å²) in [6.45, 7) is 0. The van der Waals surface area contributed by atoms with Crippen molar-refractivity contribution < 1.29 is 18.4 Å². The third kappa shape index (κ3) is 5.13. The lowest BCUT2D eigenvalue weighted by molar-refractivity contribution is -0.117. The molecule has 182 valence electrons. The zero-order valence-electron chi connectivity index (χ0n) is 17.2. The van der Waals surface area contributed by atoms with Gasteiger partial charge in [0.05, 0.1) is 22.7 Å². The van der Waals surface area contributed by atoms with E-state index in [-0.39, 0.29) is 16.3 Å². The predicted molar refractivity (Wildman–Crippen MR) is 134 cm³/mol. The first kappa shape index (κ1) is 25.7. The molecule has 35 heavy (non-hydrogen) atoms. The molecule has 4 rings (SSSR count). The van der Waals surface area contributed by atoms with Crippen molar-refractivity contribution in [1.82, 2.24) is 4.98 Å². The smallest absolute Gasteiger partial charge is 0.258 e. The molecular weight excluding hydrogens is 568 g/mol. The number of anilines is 3. The Morgan fingerprint density at radius 3 is 2.31 bits per heavy atom. The van der Waals surface area contributed by atoms with Gasteiger partial charge in [-0.25, -0.2) is 13.8 Å². The maximum absolute atomic E-state index is 14.1. The molecule has 2 aromatic carbocycles. The van der Waals surface area contributed by atoms with Crippen molar-refractivity contribution in [2.45, 2.75) is 10.3 Å². The fraction of sp³-hybridized carbons (Fsp3) is 0.136. The van der Waals surface area contributed by atoms with Crippen molar-refractivity contribution in [3.8, 4) is 0 Å². The van der Waals surface area contributed by atoms with Gasteiger partial charge in [-0.2, -0.15) is 0 Å². The highest BCUT2D eigenvalue weighted by Crippen LogP contribution is 2.65. The molecule has 0 bridgehead atoms. The molecule has 0 radical (unpaired) electrons. The fourth-order valence-electron chi connectivity index (χ4n) is 3.56. The molecule has 1 fully saturated rings. The van der Waals surface area contributed by atoms with Gasteiger partial charge in [0.2, 0.25) is 5.91 Å². The number of nitrogens with zero attached hydrogens (tertiary/aromatic N) is 1. The van der Waals surface area contributed by atoms with Crippen LogP contribution in [-0.2, 0) is 4.79 Å². The normalized spacial score (nSPS) is 18.1. The van der Waals surface area contributed by atoms with Crippen LogP contribution in [0.25, 0.3) is 0 Å². The lowest BCUT2D eigenvalue weighted by Crippen LogP contribution is -2.19. The Balaban J connectivity index is 1.52. The first-order chi connectivity index (χ1) is 16.4. The summed E-state index contributed by atoms with van der Waals surface area (Å²) in [4.78, 5) is 29.1. The topological polar surface area (TPSA) is 97.1 Å². The summed E-state index contributed by atoms with van der Waals surface area (Å²) in [5, 5.41) is 5.53. The van der Waals surface area contributed by atoms with E-state index in [1.807, 2.05) is 0 Å². The molecule has 2 atom stereocenters. The van der Waals surface area contributed by atoms with E-state index in [0.717, 1.165) is 0 Å². The van der Waals surface area contributed by atoms with Crippen molar-refractivity contribution >= 4 is 87.0 Å². The minimum atomic E-state index is -1.41. The number of nitrogen functional groups attached to an aromatic ring is 1. The van der Waals surface area contributed by atoms with Gasteiger partial charge >= 0.3 is 0 Å². The summed E-state index contributed by atoms with van der Waals surface area (Å²) < 4.78 is 26.0. The van der Waals surface area contributed by atoms with E-state index in [0.29, 0.717) is 21.8 Å². The van der Waals surface area contributed by atoms with Crippen LogP contribution in [0.2, 0.25) is 15.1 Å². The zero-order valence-corrected chi connectivity index (χ0v) is 21.0. The average molecular weight is 581 g/mol. The van der Waals surface area contributed by atoms with Gasteiger partial charge in [0.25, 0.3) is 5.91 Å². The molecule has 0 saturated heterocycles. The molecule has 1 aliphatic rings. The number of nitrogens with two attached hydrogens (primary N) is 1. The van der Waals surface area contributed by atoms with Crippen molar-refractivity contribution in [3.05, 3.63) is 80.4 Å². The van der Waals surface area contributed by atoms with Crippen LogP contribution < -0.4 is 16.4 Å². The lowest BCUT2D eigenvalue weighted by Gasteiger charge is -2.11. The molecule has 3 aromatic rings. The number of hydrogen-bond donors (Lipinski definition) is 3. The minimum absolute atomic E-state index is 0.00195. The summed E-state index contributed by atoms with van der Waals surface area (Å²) in [5.41, 5.74) is 5.15. The number of alkyl halides is 2. The van der Waals surface area contributed by atoms with E-state index in [4.69, 9.17) is 63.7 Å². The van der Waals surface area contributed by atoms with E-state index in [1.54, 1.807) is 12.1 Å². The van der Waals surface area contributed by atoms with Gasteiger partial charge in [0.1, 0.15) is 10.0 Å². The monoisotopic (exact) mass is 578 g/mol. The number of benzene rings is 2. The Morgan fingerprint density at radius 1 is 1.00 bits per heavy atom. The fourth-order valence-corrected chi connectivity index (χ4v) is 5.14. The van der Waals surface area contributed by atoms with E-state index in [2.05, 4.69) is 15.6 Å². The maximum Gasteiger partial charge on any atom is 0.258 e. The van der Waals surface area contributed by atoms with Crippen molar-refractivity contribution in [1.29, 1.82) is 0 Å². The number of pyridine rings is 1. The number of hydrogen-bond acceptors (Lipinski definition) is 4. The number of carbonyl (C=O) groups is 2. The van der Waals surface area contributed by atoms with Gasteiger partial charge in [-0.05, 0) is 42.0 Å². The van der Waals surface area contributed by atoms with Crippen LogP contribution >= 0.6 is 58.0 Å². The van der Waals surface area contributed by atoms with Crippen LogP contribution in [0.4, 0.5) is 26.0 Å². The van der Waals surface area contributed by atoms with Crippen LogP contribution in [0.1, 0.15) is 21.8 Å². The summed E-state index contributed by atoms with van der Waals surface area (Å²) in [6.07, 6.45) is 0.663. The van der Waals surface area contributed by atoms with Crippen LogP contribution in [0.5, 0.6) is 0 Å². The number of rotatable bonds is 5. The molecule has 2 amide bonds. The summed E-state index contributed by atoms with van der Waals surface area (Å²) in [5.74, 6) is -5.70. The molecule has 0 aliphatic heterocycles. The van der Waals surface area contributed by atoms with E-state index in [1.165, 1.54) is 24.3 Å². The van der Waals surface area contributed by atoms with Crippen molar-refractivity contribution in [3.63, 3.8) is 0 Å². The molecule has 6 nitrogen and oxygen atoms in total. The van der Waals surface area contributed by atoms with Gasteiger partial charge in [0.15, 0.2) is 17.5 Å². The number of carbonyl (C=O) groups excluding carboxylic acids is 2. The van der Waals surface area contributed by atoms with Gasteiger partial charge in [-0.3, -0.25) is 9.59 Å². The molecule has 0 spiro atoms. The third-order valence-electron chi connectivity index (χ3n) is 5.30. The maximum atomic E-state index is 14.1. The van der Waals surface area contributed by atoms with E-state index >= 15 is 0 Å². The van der Waals surface area contributed by atoms with Crippen LogP contribution in [0.3, 0.4) is 0 Å². The summed E-state index contributed by atoms with van der Waals surface area (Å²) >= 11 is 30.9. The minimum Gasteiger partial charge on any atom is -0.394 e. The lowest BCUT2D eigenvalue weighted by atomic mass is 10.1. The number of amides is 2. The molecule has 1 aromatic heterocycles. The second kappa shape index (κ2) is 9.59. The number of halogens is 7. The Bertz CT molecular complexity index is 1350. The van der Waals surface area contributed by atoms with Gasteiger partial charge in [0, 0.05) is 21.7 Å². The molecule has 1 heterocycles. The third-order valence-corrected chi connectivity index (χ3v) is 7.01. The first-order valence-electron chi connectivity index (χ1n) is 9.75. The average Bonchev–Trinajstić information content (AvgIpc) is 3.36. The molecule has 1 saturated carbocycles. The number of aromatic nitrogens is 1. The Morgan fingerprint density at radius 2 is 1.66 bits per heavy atom. The SMILES string of the molecule is Nc1c(F)cnc(NC(=O)c2cc(NC(=O)[C@H]3C(c4cc(Cl)cc(Cl)c4)C3(Cl)Cl)ccc2Cl)c1F. The molecular formula is C22H13Cl5F2N4O2. The highest BCUT2D eigenvalue weighted by Gasteiger charge is 2.67. The Kier molecular flexibility index (Phi) is 7.05. The first-order valence-corrected chi connectivity index (χ1v) is 11.6. The Hall–Kier alpha value is -2.36. The van der Waals surface area contributed by atoms with Gasteiger partial charge < -0.3 is 16.4 Å². The quantitative estimate of drug-likeness (QED) is 0.293. The van der Waals surface area contributed by atoms with Gasteiger partial charge in [-0.15, -0.1) is 23.2 Å². The number of nitrogens with one attached hydrogen (secondary N) is 2. The highest BCUT2D eigenvalue weighted by molar-refractivity contribution is 6.53. The van der Waals surface area contributed by atoms with Crippen LogP contribution in [0, 0.1) is 17.6 Å². The highest BCUT2D eigenvalue weighted by atomic mass is 35.5. The zero-order chi connectivity index (χ0) is 25.7. The predicted octanol–water partition coefficient (Wildman–Crippen LogP) is 6.68. The molecule has 4 N–H and O–H groups in total. The Labute approximate surface area is 222 Å². The van der Waals surface area contributed by atoms with E-state index < -0.39 is 51.1 Å². The van der Waals surface area contributed by atoms with Crippen LogP contribution in [-0.4, -0.2) is 21.1 Å². The largest absolute Gasteiger partial charge is 0.394 e. The standard InChI is InChI=1S/C22H13Cl5F2N4O2/c23-9-3-8(4-10(24)5-9)15-16(22(15,26)27)21(35)32-11-1-2-13(25)12(6-11)20(34)33-19-17(29)18(30)14(28)7-31-19/h1-7,15-16H,(H,32,35)(H3,30,31,33,34)/t15?,16-/m1/s1. The second-order valence-electron chi connectivity index (χ2n) is 7.65. The van der Waals surface area contributed by atoms with Gasteiger partial charge in [-0.1, -0.05) is 34.8 Å². The summed E-state index contributed by atoms with van der Waals surface area (Å²) in [7, 11) is 0. The van der Waals surface area contributed by atoms with Crippen molar-refractivity contribution in [2.75, 3.05) is 16.4 Å². The van der Waals surface area contributed by atoms with E-state index in [9.17, 15) is 18.4 Å². The summed E-state index contributed by atoms with van der Waals surface area (Å²) in [6, 6.07) is 8.83. The second-order valence-corrected chi connectivity index (χ2v) is 10.4.